The first-order valence-corrected chi connectivity index (χ1v) is 7.11. The lowest BCUT2D eigenvalue weighted by atomic mass is 10.0. The molecule has 0 aromatic heterocycles. The predicted octanol–water partition coefficient (Wildman–Crippen LogP) is 0.775. The highest BCUT2D eigenvalue weighted by molar-refractivity contribution is 5.88. The highest BCUT2D eigenvalue weighted by Gasteiger charge is 2.31. The molecule has 1 aliphatic heterocycles. The molecule has 0 radical (unpaired) electrons. The molecular formula is C15H21N3O3. The minimum atomic E-state index is -0.388. The average molecular weight is 291 g/mol. The van der Waals surface area contributed by atoms with Gasteiger partial charge in [-0.1, -0.05) is 6.07 Å². The van der Waals surface area contributed by atoms with Crippen LogP contribution in [0.3, 0.4) is 0 Å². The first kappa shape index (κ1) is 15.2. The van der Waals surface area contributed by atoms with E-state index in [1.165, 1.54) is 0 Å². The molecule has 6 heteroatoms. The number of ether oxygens (including phenoxy) is 1. The molecule has 2 rings (SSSR count). The molecular weight excluding hydrogens is 270 g/mol. The van der Waals surface area contributed by atoms with Crippen LogP contribution in [0.1, 0.15) is 19.3 Å². The Balaban J connectivity index is 1.96. The number of nitrogens with one attached hydrogen (secondary N) is 1. The lowest BCUT2D eigenvalue weighted by molar-refractivity contribution is -0.143. The van der Waals surface area contributed by atoms with Gasteiger partial charge in [0, 0.05) is 25.3 Å². The lowest BCUT2D eigenvalue weighted by Crippen LogP contribution is -2.52. The fourth-order valence-electron chi connectivity index (χ4n) is 2.50. The monoisotopic (exact) mass is 291 g/mol. The van der Waals surface area contributed by atoms with E-state index in [2.05, 4.69) is 5.32 Å². The van der Waals surface area contributed by atoms with Gasteiger partial charge >= 0.3 is 0 Å². The zero-order valence-corrected chi connectivity index (χ0v) is 12.2. The molecule has 1 fully saturated rings. The van der Waals surface area contributed by atoms with Gasteiger partial charge in [-0.25, -0.2) is 0 Å². The molecule has 21 heavy (non-hydrogen) atoms. The maximum atomic E-state index is 12.3. The Kier molecular flexibility index (Phi) is 5.03. The van der Waals surface area contributed by atoms with Gasteiger partial charge in [0.15, 0.2) is 6.61 Å². The summed E-state index contributed by atoms with van der Waals surface area (Å²) in [6, 6.07) is 6.54. The maximum absolute atomic E-state index is 12.3. The summed E-state index contributed by atoms with van der Waals surface area (Å²) < 4.78 is 5.46. The predicted molar refractivity (Wildman–Crippen MR) is 79.8 cm³/mol. The quantitative estimate of drug-likeness (QED) is 0.803. The molecule has 1 saturated heterocycles. The van der Waals surface area contributed by atoms with E-state index in [4.69, 9.17) is 10.5 Å². The van der Waals surface area contributed by atoms with Gasteiger partial charge in [-0.2, -0.15) is 0 Å². The van der Waals surface area contributed by atoms with Crippen LogP contribution in [0.5, 0.6) is 5.75 Å². The fraction of sp³-hybridized carbons (Fsp3) is 0.467. The molecule has 3 N–H and O–H groups in total. The van der Waals surface area contributed by atoms with Crippen molar-refractivity contribution in [1.29, 1.82) is 0 Å². The summed E-state index contributed by atoms with van der Waals surface area (Å²) in [7, 11) is 1.59. The van der Waals surface area contributed by atoms with Crippen molar-refractivity contribution in [3.05, 3.63) is 24.3 Å². The number of amides is 2. The van der Waals surface area contributed by atoms with Crippen LogP contribution in [0.2, 0.25) is 0 Å². The molecule has 1 atom stereocenters. The van der Waals surface area contributed by atoms with E-state index in [0.29, 0.717) is 24.4 Å². The highest BCUT2D eigenvalue weighted by atomic mass is 16.5. The number of hydrogen-bond donors (Lipinski definition) is 2. The Morgan fingerprint density at radius 3 is 2.95 bits per heavy atom. The van der Waals surface area contributed by atoms with E-state index in [0.717, 1.165) is 12.8 Å². The Hall–Kier alpha value is -2.24. The van der Waals surface area contributed by atoms with Crippen LogP contribution in [0.25, 0.3) is 0 Å². The van der Waals surface area contributed by atoms with Gasteiger partial charge in [-0.3, -0.25) is 9.59 Å². The first-order chi connectivity index (χ1) is 10.1. The number of likely N-dealkylation sites (N-methyl/N-ethyl adjacent to an activating group) is 1. The minimum Gasteiger partial charge on any atom is -0.484 e. The summed E-state index contributed by atoms with van der Waals surface area (Å²) in [6.45, 7) is 0.508. The number of nitrogens with two attached hydrogens (primary N) is 1. The van der Waals surface area contributed by atoms with E-state index in [-0.39, 0.29) is 24.5 Å². The molecule has 2 amide bonds. The van der Waals surface area contributed by atoms with Gasteiger partial charge in [0.1, 0.15) is 11.8 Å². The van der Waals surface area contributed by atoms with Crippen molar-refractivity contribution in [2.45, 2.75) is 25.3 Å². The smallest absolute Gasteiger partial charge is 0.261 e. The molecule has 0 saturated carbocycles. The van der Waals surface area contributed by atoms with Gasteiger partial charge in [-0.15, -0.1) is 0 Å². The van der Waals surface area contributed by atoms with Gasteiger partial charge < -0.3 is 20.7 Å². The summed E-state index contributed by atoms with van der Waals surface area (Å²) in [5.41, 5.74) is 6.24. The average Bonchev–Trinajstić information content (AvgIpc) is 2.52. The topological polar surface area (TPSA) is 84.7 Å². The Bertz CT molecular complexity index is 519. The first-order valence-electron chi connectivity index (χ1n) is 7.11. The van der Waals surface area contributed by atoms with Gasteiger partial charge in [-0.05, 0) is 31.4 Å². The number of nitrogen functional groups attached to an aromatic ring is 1. The third-order valence-electron chi connectivity index (χ3n) is 3.59. The van der Waals surface area contributed by atoms with Crippen molar-refractivity contribution < 1.29 is 14.3 Å². The largest absolute Gasteiger partial charge is 0.484 e. The molecule has 1 aliphatic rings. The fourth-order valence-corrected chi connectivity index (χ4v) is 2.50. The standard InChI is InChI=1S/C15H21N3O3/c1-17-15(20)13-7-2-3-8-18(13)14(19)10-21-12-6-4-5-11(16)9-12/h4-6,9,13H,2-3,7-8,10,16H2,1H3,(H,17,20). The van der Waals surface area contributed by atoms with Crippen molar-refractivity contribution in [1.82, 2.24) is 10.2 Å². The number of anilines is 1. The second-order valence-corrected chi connectivity index (χ2v) is 5.07. The van der Waals surface area contributed by atoms with Crippen molar-refractivity contribution in [2.75, 3.05) is 25.9 Å². The van der Waals surface area contributed by atoms with Crippen LogP contribution in [-0.4, -0.2) is 43.0 Å². The molecule has 6 nitrogen and oxygen atoms in total. The van der Waals surface area contributed by atoms with E-state index in [1.54, 1.807) is 36.2 Å². The van der Waals surface area contributed by atoms with E-state index < -0.39 is 0 Å². The number of piperidine rings is 1. The summed E-state index contributed by atoms with van der Waals surface area (Å²) in [5.74, 6) is 0.259. The molecule has 1 aromatic carbocycles. The van der Waals surface area contributed by atoms with Gasteiger partial charge in [0.05, 0.1) is 0 Å². The third-order valence-corrected chi connectivity index (χ3v) is 3.59. The van der Waals surface area contributed by atoms with Crippen molar-refractivity contribution >= 4 is 17.5 Å². The number of rotatable bonds is 4. The minimum absolute atomic E-state index is 0.0864. The van der Waals surface area contributed by atoms with E-state index in [1.807, 2.05) is 0 Å². The van der Waals surface area contributed by atoms with Gasteiger partial charge in [0.2, 0.25) is 5.91 Å². The molecule has 0 aliphatic carbocycles. The summed E-state index contributed by atoms with van der Waals surface area (Å²) in [6.07, 6.45) is 2.57. The normalized spacial score (nSPS) is 18.1. The summed E-state index contributed by atoms with van der Waals surface area (Å²) >= 11 is 0. The Morgan fingerprint density at radius 2 is 2.24 bits per heavy atom. The number of nitrogens with zero attached hydrogens (tertiary/aromatic N) is 1. The molecule has 0 bridgehead atoms. The van der Waals surface area contributed by atoms with Crippen LogP contribution < -0.4 is 15.8 Å². The van der Waals surface area contributed by atoms with E-state index >= 15 is 0 Å². The molecule has 1 heterocycles. The Morgan fingerprint density at radius 1 is 1.43 bits per heavy atom. The van der Waals surface area contributed by atoms with Crippen molar-refractivity contribution in [2.24, 2.45) is 0 Å². The number of benzene rings is 1. The molecule has 1 aromatic rings. The SMILES string of the molecule is CNC(=O)C1CCCCN1C(=O)COc1cccc(N)c1. The third kappa shape index (κ3) is 3.87. The molecule has 1 unspecified atom stereocenters. The number of carbonyl (C=O) groups excluding carboxylic acids is 2. The zero-order valence-electron chi connectivity index (χ0n) is 12.2. The van der Waals surface area contributed by atoms with Crippen LogP contribution in [0.15, 0.2) is 24.3 Å². The van der Waals surface area contributed by atoms with Crippen LogP contribution in [0, 0.1) is 0 Å². The number of hydrogen-bond acceptors (Lipinski definition) is 4. The summed E-state index contributed by atoms with van der Waals surface area (Å²) in [5, 5.41) is 2.61. The van der Waals surface area contributed by atoms with Crippen molar-refractivity contribution in [3.8, 4) is 5.75 Å². The van der Waals surface area contributed by atoms with Gasteiger partial charge in [0.25, 0.3) is 5.91 Å². The second kappa shape index (κ2) is 6.97. The van der Waals surface area contributed by atoms with E-state index in [9.17, 15) is 9.59 Å². The lowest BCUT2D eigenvalue weighted by Gasteiger charge is -2.34. The highest BCUT2D eigenvalue weighted by Crippen LogP contribution is 2.19. The van der Waals surface area contributed by atoms with Crippen LogP contribution >= 0.6 is 0 Å². The molecule has 114 valence electrons. The number of likely N-dealkylation sites (tertiary alicyclic amines) is 1. The van der Waals surface area contributed by atoms with Crippen molar-refractivity contribution in [3.63, 3.8) is 0 Å². The van der Waals surface area contributed by atoms with Crippen LogP contribution in [-0.2, 0) is 9.59 Å². The van der Waals surface area contributed by atoms with Crippen LogP contribution in [0.4, 0.5) is 5.69 Å². The summed E-state index contributed by atoms with van der Waals surface area (Å²) in [4.78, 5) is 25.7. The maximum Gasteiger partial charge on any atom is 0.261 e. The second-order valence-electron chi connectivity index (χ2n) is 5.07. The Labute approximate surface area is 124 Å². The zero-order chi connectivity index (χ0) is 15.2. The molecule has 0 spiro atoms. The number of carbonyl (C=O) groups is 2.